The number of hydrogen-bond donors (Lipinski definition) is 3. The minimum absolute atomic E-state index is 0.114. The molecule has 0 spiro atoms. The van der Waals surface area contributed by atoms with Crippen molar-refractivity contribution in [1.82, 2.24) is 19.8 Å². The third-order valence-corrected chi connectivity index (χ3v) is 7.56. The molecule has 0 bridgehead atoms. The zero-order valence-electron chi connectivity index (χ0n) is 23.5. The fourth-order valence-electron chi connectivity index (χ4n) is 4.76. The predicted octanol–water partition coefficient (Wildman–Crippen LogP) is 4.60. The molecule has 3 aromatic rings. The second kappa shape index (κ2) is 12.3. The second-order valence-electron chi connectivity index (χ2n) is 10.7. The molecule has 0 radical (unpaired) electrons. The third kappa shape index (κ3) is 6.85. The van der Waals surface area contributed by atoms with E-state index >= 15 is 0 Å². The molecule has 1 aliphatic carbocycles. The molecule has 5 rings (SSSR count). The molecule has 3 N–H and O–H groups in total. The second-order valence-corrected chi connectivity index (χ2v) is 10.7. The Morgan fingerprint density at radius 3 is 2.23 bits per heavy atom. The Balaban J connectivity index is 1.20. The number of rotatable bonds is 8. The summed E-state index contributed by atoms with van der Waals surface area (Å²) in [5, 5.41) is 7.49. The van der Waals surface area contributed by atoms with Gasteiger partial charge in [0.05, 0.1) is 5.69 Å². The molecule has 43 heavy (non-hydrogen) atoms. The summed E-state index contributed by atoms with van der Waals surface area (Å²) in [4.78, 5) is 50.0. The highest BCUT2D eigenvalue weighted by Gasteiger charge is 2.56. The third-order valence-electron chi connectivity index (χ3n) is 7.56. The number of urea groups is 1. The minimum atomic E-state index is -1.46. The fraction of sp³-hybridized carbons (Fsp3) is 0.345. The maximum atomic E-state index is 14.9. The molecule has 0 atom stereocenters. The van der Waals surface area contributed by atoms with Crippen molar-refractivity contribution in [2.24, 2.45) is 5.41 Å². The fourth-order valence-corrected chi connectivity index (χ4v) is 4.76. The Morgan fingerprint density at radius 2 is 1.58 bits per heavy atom. The number of likely N-dealkylation sites (tertiary alicyclic amines) is 1. The normalized spacial score (nSPS) is 16.0. The van der Waals surface area contributed by atoms with Gasteiger partial charge < -0.3 is 25.2 Å². The van der Waals surface area contributed by atoms with E-state index < -0.39 is 46.1 Å². The van der Waals surface area contributed by atoms with Gasteiger partial charge in [-0.3, -0.25) is 14.9 Å². The summed E-state index contributed by atoms with van der Waals surface area (Å²) in [6, 6.07) is 7.80. The van der Waals surface area contributed by atoms with E-state index in [1.165, 1.54) is 18.2 Å². The molecule has 1 aliphatic heterocycles. The van der Waals surface area contributed by atoms with Crippen LogP contribution in [0.15, 0.2) is 48.8 Å². The van der Waals surface area contributed by atoms with Crippen molar-refractivity contribution in [1.29, 1.82) is 0 Å². The van der Waals surface area contributed by atoms with Crippen molar-refractivity contribution in [2.75, 3.05) is 43.1 Å². The number of benzene rings is 2. The van der Waals surface area contributed by atoms with Gasteiger partial charge in [-0.1, -0.05) is 0 Å². The van der Waals surface area contributed by atoms with E-state index in [1.54, 1.807) is 4.90 Å². The number of hydrogen-bond acceptors (Lipinski definition) is 7. The molecule has 14 heteroatoms. The van der Waals surface area contributed by atoms with Crippen molar-refractivity contribution in [3.05, 3.63) is 66.2 Å². The summed E-state index contributed by atoms with van der Waals surface area (Å²) in [5.41, 5.74) is -1.65. The minimum Gasteiger partial charge on any atom is -0.436 e. The average molecular weight is 598 g/mol. The lowest BCUT2D eigenvalue weighted by Crippen LogP contribution is -2.46. The Bertz CT molecular complexity index is 1520. The molecule has 1 aromatic heterocycles. The molecule has 4 amide bonds. The molecular formula is C29H30F3N7O4. The van der Waals surface area contributed by atoms with Crippen LogP contribution in [0.1, 0.15) is 25.7 Å². The number of anilines is 3. The van der Waals surface area contributed by atoms with Gasteiger partial charge in [0.25, 0.3) is 0 Å². The van der Waals surface area contributed by atoms with Gasteiger partial charge in [-0.15, -0.1) is 0 Å². The van der Waals surface area contributed by atoms with Gasteiger partial charge in [0, 0.05) is 43.0 Å². The molecule has 0 unspecified atom stereocenters. The summed E-state index contributed by atoms with van der Waals surface area (Å²) < 4.78 is 48.4. The van der Waals surface area contributed by atoms with Gasteiger partial charge in [0.15, 0.2) is 17.4 Å². The lowest BCUT2D eigenvalue weighted by molar-refractivity contribution is -0.131. The summed E-state index contributed by atoms with van der Waals surface area (Å²) in [6.07, 6.45) is 3.20. The molecule has 1 saturated carbocycles. The van der Waals surface area contributed by atoms with Gasteiger partial charge in [0.2, 0.25) is 17.7 Å². The molecule has 2 heterocycles. The smallest absolute Gasteiger partial charge is 0.323 e. The Kier molecular flexibility index (Phi) is 8.48. The maximum absolute atomic E-state index is 14.9. The van der Waals surface area contributed by atoms with Gasteiger partial charge in [-0.05, 0) is 64.0 Å². The Morgan fingerprint density at radius 1 is 0.907 bits per heavy atom. The summed E-state index contributed by atoms with van der Waals surface area (Å²) in [6.45, 7) is 1.16. The molecular weight excluding hydrogens is 567 g/mol. The molecule has 2 fully saturated rings. The monoisotopic (exact) mass is 597 g/mol. The molecule has 2 aromatic carbocycles. The first-order chi connectivity index (χ1) is 20.5. The Hall–Kier alpha value is -4.72. The number of carbonyl (C=O) groups excluding carboxylic acids is 3. The van der Waals surface area contributed by atoms with Crippen molar-refractivity contribution in [3.8, 4) is 11.6 Å². The van der Waals surface area contributed by atoms with Crippen LogP contribution in [-0.4, -0.2) is 70.8 Å². The summed E-state index contributed by atoms with van der Waals surface area (Å²) in [7, 11) is 4.01. The Labute approximate surface area is 245 Å². The van der Waals surface area contributed by atoms with Crippen LogP contribution in [0, 0.1) is 22.9 Å². The van der Waals surface area contributed by atoms with Gasteiger partial charge in [-0.2, -0.15) is 0 Å². The van der Waals surface area contributed by atoms with Crippen LogP contribution in [-0.2, 0) is 9.59 Å². The highest BCUT2D eigenvalue weighted by molar-refractivity contribution is 6.16. The van der Waals surface area contributed by atoms with Crippen LogP contribution in [0.25, 0.3) is 0 Å². The lowest BCUT2D eigenvalue weighted by Gasteiger charge is -2.35. The zero-order valence-corrected chi connectivity index (χ0v) is 23.5. The topological polar surface area (TPSA) is 129 Å². The van der Waals surface area contributed by atoms with E-state index in [1.807, 2.05) is 14.1 Å². The quantitative estimate of drug-likeness (QED) is 0.324. The molecule has 11 nitrogen and oxygen atoms in total. The standard InChI is InChI=1S/C29H30F3N7O4/c1-38(2)19-7-11-39(12-8-19)28(42)37-24-15-25(34-16-33-24)43-23-14-20(31)22(13-21(23)32)36-27(41)29(9-10-29)26(40)35-18-5-3-17(30)4-6-18/h3-6,13-16,19H,7-12H2,1-2H3,(H,35,40)(H,36,41)(H,33,34,37,42). The number of nitrogens with zero attached hydrogens (tertiary/aromatic N) is 4. The largest absolute Gasteiger partial charge is 0.436 e. The number of ether oxygens (including phenoxy) is 1. The van der Waals surface area contributed by atoms with Crippen molar-refractivity contribution >= 4 is 35.0 Å². The number of nitrogens with one attached hydrogen (secondary N) is 3. The number of amides is 4. The first-order valence-corrected chi connectivity index (χ1v) is 13.6. The van der Waals surface area contributed by atoms with Crippen molar-refractivity contribution in [3.63, 3.8) is 0 Å². The lowest BCUT2D eigenvalue weighted by atomic mass is 10.0. The van der Waals surface area contributed by atoms with E-state index in [-0.39, 0.29) is 30.6 Å². The molecule has 226 valence electrons. The summed E-state index contributed by atoms with van der Waals surface area (Å²) in [5.74, 6) is -4.51. The predicted molar refractivity (Wildman–Crippen MR) is 151 cm³/mol. The van der Waals surface area contributed by atoms with Gasteiger partial charge in [-0.25, -0.2) is 27.9 Å². The van der Waals surface area contributed by atoms with Crippen LogP contribution in [0.5, 0.6) is 11.6 Å². The highest BCUT2D eigenvalue weighted by Crippen LogP contribution is 2.47. The van der Waals surface area contributed by atoms with E-state index in [9.17, 15) is 27.6 Å². The number of halogens is 3. The van der Waals surface area contributed by atoms with Gasteiger partial charge >= 0.3 is 6.03 Å². The highest BCUT2D eigenvalue weighted by atomic mass is 19.1. The first kappa shape index (κ1) is 29.8. The SMILES string of the molecule is CN(C)C1CCN(C(=O)Nc2cc(Oc3cc(F)c(NC(=O)C4(C(=O)Nc5ccc(F)cc5)CC4)cc3F)ncn2)CC1. The zero-order chi connectivity index (χ0) is 30.7. The molecule has 1 saturated heterocycles. The van der Waals surface area contributed by atoms with E-state index in [4.69, 9.17) is 4.74 Å². The number of piperidine rings is 1. The van der Waals surface area contributed by atoms with Crippen LogP contribution in [0.4, 0.5) is 35.2 Å². The summed E-state index contributed by atoms with van der Waals surface area (Å²) >= 11 is 0. The van der Waals surface area contributed by atoms with Crippen molar-refractivity contribution in [2.45, 2.75) is 31.7 Å². The van der Waals surface area contributed by atoms with E-state index in [0.29, 0.717) is 24.8 Å². The van der Waals surface area contributed by atoms with Crippen LogP contribution in [0.2, 0.25) is 0 Å². The molecule has 2 aliphatic rings. The van der Waals surface area contributed by atoms with Gasteiger partial charge in [0.1, 0.15) is 23.4 Å². The van der Waals surface area contributed by atoms with Crippen LogP contribution < -0.4 is 20.7 Å². The van der Waals surface area contributed by atoms with E-state index in [0.717, 1.165) is 43.4 Å². The number of aromatic nitrogens is 2. The van der Waals surface area contributed by atoms with Crippen LogP contribution in [0.3, 0.4) is 0 Å². The van der Waals surface area contributed by atoms with Crippen LogP contribution >= 0.6 is 0 Å². The van der Waals surface area contributed by atoms with E-state index in [2.05, 4.69) is 30.8 Å². The van der Waals surface area contributed by atoms with Crippen molar-refractivity contribution < 1.29 is 32.3 Å². The number of carbonyl (C=O) groups is 3. The first-order valence-electron chi connectivity index (χ1n) is 13.6. The average Bonchev–Trinajstić information content (AvgIpc) is 3.80. The maximum Gasteiger partial charge on any atom is 0.323 e.